The first-order valence-corrected chi connectivity index (χ1v) is 9.75. The fourth-order valence-corrected chi connectivity index (χ4v) is 3.19. The molecule has 0 aliphatic heterocycles. The molecule has 1 aromatic heterocycles. The van der Waals surface area contributed by atoms with Crippen LogP contribution in [0.5, 0.6) is 0 Å². The van der Waals surface area contributed by atoms with Gasteiger partial charge in [-0.25, -0.2) is 0 Å². The van der Waals surface area contributed by atoms with Gasteiger partial charge in [0.1, 0.15) is 5.54 Å². The Kier molecular flexibility index (Phi) is 6.81. The molecule has 6 nitrogen and oxygen atoms in total. The standard InChI is InChI=1S/C20H25N5OS/c1-6-10-25-18(16-9-7-8-15(4)11-16)23-24-19(25)27-12-17(26)22-20(5,13-21)14(2)3/h6-9,11,14H,1,10,12H2,2-5H3,(H,22,26). The summed E-state index contributed by atoms with van der Waals surface area (Å²) in [7, 11) is 0. The van der Waals surface area contributed by atoms with E-state index in [0.29, 0.717) is 11.7 Å². The van der Waals surface area contributed by atoms with Gasteiger partial charge in [0.25, 0.3) is 0 Å². The Morgan fingerprint density at radius 1 is 1.48 bits per heavy atom. The molecule has 0 aliphatic carbocycles. The maximum atomic E-state index is 12.3. The normalized spacial score (nSPS) is 13.0. The van der Waals surface area contributed by atoms with Crippen molar-refractivity contribution in [2.24, 2.45) is 5.92 Å². The molecule has 27 heavy (non-hydrogen) atoms. The zero-order valence-electron chi connectivity index (χ0n) is 16.2. The van der Waals surface area contributed by atoms with Gasteiger partial charge < -0.3 is 5.32 Å². The minimum atomic E-state index is -0.890. The number of nitrogens with zero attached hydrogens (tertiary/aromatic N) is 4. The maximum absolute atomic E-state index is 12.3. The third-order valence-electron chi connectivity index (χ3n) is 4.42. The lowest BCUT2D eigenvalue weighted by Crippen LogP contribution is -2.49. The molecule has 0 bridgehead atoms. The van der Waals surface area contributed by atoms with Crippen molar-refractivity contribution in [1.82, 2.24) is 20.1 Å². The molecule has 0 radical (unpaired) electrons. The molecule has 0 saturated carbocycles. The van der Waals surface area contributed by atoms with Crippen LogP contribution < -0.4 is 5.32 Å². The number of hydrogen-bond donors (Lipinski definition) is 1. The van der Waals surface area contributed by atoms with Gasteiger partial charge in [-0.15, -0.1) is 16.8 Å². The quantitative estimate of drug-likeness (QED) is 0.556. The highest BCUT2D eigenvalue weighted by Crippen LogP contribution is 2.25. The predicted molar refractivity (Wildman–Crippen MR) is 108 cm³/mol. The first-order chi connectivity index (χ1) is 12.8. The second kappa shape index (κ2) is 8.87. The highest BCUT2D eigenvalue weighted by molar-refractivity contribution is 7.99. The molecule has 2 aromatic rings. The fraction of sp³-hybridized carbons (Fsp3) is 0.400. The van der Waals surface area contributed by atoms with Crippen molar-refractivity contribution in [3.05, 3.63) is 42.5 Å². The number of benzene rings is 1. The number of thioether (sulfide) groups is 1. The van der Waals surface area contributed by atoms with Crippen LogP contribution in [-0.4, -0.2) is 32.0 Å². The van der Waals surface area contributed by atoms with Crippen molar-refractivity contribution in [1.29, 1.82) is 5.26 Å². The zero-order chi connectivity index (χ0) is 20.0. The molecular formula is C20H25N5OS. The van der Waals surface area contributed by atoms with E-state index < -0.39 is 5.54 Å². The molecule has 0 fully saturated rings. The van der Waals surface area contributed by atoms with Crippen LogP contribution >= 0.6 is 11.8 Å². The van der Waals surface area contributed by atoms with Crippen LogP contribution in [0.15, 0.2) is 42.1 Å². The molecule has 1 aromatic carbocycles. The van der Waals surface area contributed by atoms with E-state index >= 15 is 0 Å². The molecule has 1 heterocycles. The van der Waals surface area contributed by atoms with E-state index in [1.54, 1.807) is 13.0 Å². The molecule has 142 valence electrons. The lowest BCUT2D eigenvalue weighted by Gasteiger charge is -2.27. The average molecular weight is 384 g/mol. The van der Waals surface area contributed by atoms with Crippen LogP contribution in [0.3, 0.4) is 0 Å². The number of amides is 1. The van der Waals surface area contributed by atoms with E-state index in [4.69, 9.17) is 0 Å². The summed E-state index contributed by atoms with van der Waals surface area (Å²) in [5, 5.41) is 21.4. The highest BCUT2D eigenvalue weighted by atomic mass is 32.2. The minimum absolute atomic E-state index is 0.00814. The number of nitrogens with one attached hydrogen (secondary N) is 1. The molecule has 1 amide bonds. The van der Waals surface area contributed by atoms with Gasteiger partial charge in [0.05, 0.1) is 11.8 Å². The number of rotatable bonds is 8. The van der Waals surface area contributed by atoms with Gasteiger partial charge in [-0.1, -0.05) is 55.4 Å². The first kappa shape index (κ1) is 20.7. The molecule has 0 spiro atoms. The monoisotopic (exact) mass is 383 g/mol. The topological polar surface area (TPSA) is 83.6 Å². The number of carbonyl (C=O) groups excluding carboxylic acids is 1. The van der Waals surface area contributed by atoms with Gasteiger partial charge >= 0.3 is 0 Å². The Morgan fingerprint density at radius 2 is 2.22 bits per heavy atom. The van der Waals surface area contributed by atoms with Crippen molar-refractivity contribution in [2.45, 2.75) is 44.9 Å². The highest BCUT2D eigenvalue weighted by Gasteiger charge is 2.30. The number of hydrogen-bond acceptors (Lipinski definition) is 5. The van der Waals surface area contributed by atoms with E-state index in [0.717, 1.165) is 17.0 Å². The maximum Gasteiger partial charge on any atom is 0.231 e. The summed E-state index contributed by atoms with van der Waals surface area (Å²) in [5.41, 5.74) is 1.22. The molecular weight excluding hydrogens is 358 g/mol. The van der Waals surface area contributed by atoms with Gasteiger partial charge in [0.2, 0.25) is 5.91 Å². The Morgan fingerprint density at radius 3 is 2.81 bits per heavy atom. The SMILES string of the molecule is C=CCn1c(SCC(=O)NC(C)(C#N)C(C)C)nnc1-c1cccc(C)c1. The third-order valence-corrected chi connectivity index (χ3v) is 5.39. The molecule has 1 unspecified atom stereocenters. The number of carbonyl (C=O) groups is 1. The van der Waals surface area contributed by atoms with Crippen LogP contribution in [0.2, 0.25) is 0 Å². The van der Waals surface area contributed by atoms with E-state index in [9.17, 15) is 10.1 Å². The summed E-state index contributed by atoms with van der Waals surface area (Å²) in [5.74, 6) is 0.704. The van der Waals surface area contributed by atoms with Crippen molar-refractivity contribution in [3.63, 3.8) is 0 Å². The van der Waals surface area contributed by atoms with E-state index in [1.807, 2.05) is 49.6 Å². The summed E-state index contributed by atoms with van der Waals surface area (Å²) in [4.78, 5) is 12.3. The average Bonchev–Trinajstić information content (AvgIpc) is 3.03. The molecule has 1 N–H and O–H groups in total. The van der Waals surface area contributed by atoms with Crippen molar-refractivity contribution >= 4 is 17.7 Å². The lowest BCUT2D eigenvalue weighted by molar-refractivity contribution is -0.120. The van der Waals surface area contributed by atoms with Gasteiger partial charge in [0.15, 0.2) is 11.0 Å². The van der Waals surface area contributed by atoms with Crippen molar-refractivity contribution in [3.8, 4) is 17.5 Å². The van der Waals surface area contributed by atoms with E-state index in [-0.39, 0.29) is 17.6 Å². The Bertz CT molecular complexity index is 867. The Labute approximate surface area is 164 Å². The van der Waals surface area contributed by atoms with Gasteiger partial charge in [-0.05, 0) is 25.8 Å². The third kappa shape index (κ3) is 4.98. The summed E-state index contributed by atoms with van der Waals surface area (Å²) >= 11 is 1.30. The fourth-order valence-electron chi connectivity index (χ4n) is 2.44. The van der Waals surface area contributed by atoms with E-state index in [2.05, 4.69) is 28.2 Å². The number of aromatic nitrogens is 3. The van der Waals surface area contributed by atoms with Gasteiger partial charge in [0, 0.05) is 12.1 Å². The van der Waals surface area contributed by atoms with Crippen molar-refractivity contribution < 1.29 is 4.79 Å². The summed E-state index contributed by atoms with van der Waals surface area (Å²) < 4.78 is 1.94. The molecule has 0 aliphatic rings. The van der Waals surface area contributed by atoms with Crippen LogP contribution in [0.25, 0.3) is 11.4 Å². The molecule has 2 rings (SSSR count). The minimum Gasteiger partial charge on any atom is -0.337 e. The Hall–Kier alpha value is -2.59. The summed E-state index contributed by atoms with van der Waals surface area (Å²) in [6.07, 6.45) is 1.78. The van der Waals surface area contributed by atoms with Gasteiger partial charge in [-0.2, -0.15) is 5.26 Å². The number of nitriles is 1. The van der Waals surface area contributed by atoms with Crippen LogP contribution in [0.1, 0.15) is 26.3 Å². The molecule has 1 atom stereocenters. The largest absolute Gasteiger partial charge is 0.337 e. The summed E-state index contributed by atoms with van der Waals surface area (Å²) in [6.45, 7) is 11.9. The second-order valence-electron chi connectivity index (χ2n) is 6.88. The predicted octanol–water partition coefficient (Wildman–Crippen LogP) is 3.59. The first-order valence-electron chi connectivity index (χ1n) is 8.77. The van der Waals surface area contributed by atoms with Crippen LogP contribution in [0.4, 0.5) is 0 Å². The molecule has 0 saturated heterocycles. The lowest BCUT2D eigenvalue weighted by atomic mass is 9.90. The number of allylic oxidation sites excluding steroid dienone is 1. The van der Waals surface area contributed by atoms with E-state index in [1.165, 1.54) is 11.8 Å². The number of aryl methyl sites for hydroxylation is 1. The zero-order valence-corrected chi connectivity index (χ0v) is 17.0. The second-order valence-corrected chi connectivity index (χ2v) is 7.82. The van der Waals surface area contributed by atoms with Crippen LogP contribution in [-0.2, 0) is 11.3 Å². The summed E-state index contributed by atoms with van der Waals surface area (Å²) in [6, 6.07) is 10.2. The smallest absolute Gasteiger partial charge is 0.231 e. The molecule has 7 heteroatoms. The Balaban J connectivity index is 2.16. The van der Waals surface area contributed by atoms with Crippen molar-refractivity contribution in [2.75, 3.05) is 5.75 Å². The van der Waals surface area contributed by atoms with Crippen LogP contribution in [0, 0.1) is 24.2 Å². The van der Waals surface area contributed by atoms with Gasteiger partial charge in [-0.3, -0.25) is 9.36 Å².